The van der Waals surface area contributed by atoms with Gasteiger partial charge in [0.1, 0.15) is 5.75 Å². The van der Waals surface area contributed by atoms with Gasteiger partial charge in [-0.05, 0) is 43.2 Å². The summed E-state index contributed by atoms with van der Waals surface area (Å²) in [6.45, 7) is 1.49. The van der Waals surface area contributed by atoms with Crippen molar-refractivity contribution in [2.45, 2.75) is 25.2 Å². The summed E-state index contributed by atoms with van der Waals surface area (Å²) in [6, 6.07) is 17.8. The zero-order valence-corrected chi connectivity index (χ0v) is 16.6. The number of nitrogens with zero attached hydrogens (tertiary/aromatic N) is 3. The minimum atomic E-state index is 0.0716. The highest BCUT2D eigenvalue weighted by molar-refractivity contribution is 5.94. The molecule has 0 saturated carbocycles. The van der Waals surface area contributed by atoms with Crippen LogP contribution in [-0.2, 0) is 6.42 Å². The number of carbonyl (C=O) groups excluding carboxylic acids is 1. The fourth-order valence-electron chi connectivity index (χ4n) is 3.95. The summed E-state index contributed by atoms with van der Waals surface area (Å²) < 4.78 is 5.47. The maximum Gasteiger partial charge on any atom is 0.253 e. The molecule has 0 bridgehead atoms. The number of pyridine rings is 2. The van der Waals surface area contributed by atoms with Gasteiger partial charge >= 0.3 is 0 Å². The fourth-order valence-corrected chi connectivity index (χ4v) is 3.95. The first-order chi connectivity index (χ1) is 14.2. The predicted octanol–water partition coefficient (Wildman–Crippen LogP) is 4.10. The molecule has 1 atom stereocenters. The minimum absolute atomic E-state index is 0.0716. The van der Waals surface area contributed by atoms with E-state index in [4.69, 9.17) is 9.72 Å². The molecule has 0 aliphatic carbocycles. The Hall–Kier alpha value is -3.21. The molecule has 0 N–H and O–H groups in total. The Morgan fingerprint density at radius 2 is 1.93 bits per heavy atom. The monoisotopic (exact) mass is 387 g/mol. The molecule has 1 aliphatic rings. The molecular formula is C24H25N3O2. The third-order valence-corrected chi connectivity index (χ3v) is 5.45. The fraction of sp³-hybridized carbons (Fsp3) is 0.292. The Labute approximate surface area is 171 Å². The molecule has 5 heteroatoms. The third kappa shape index (κ3) is 4.45. The van der Waals surface area contributed by atoms with E-state index >= 15 is 0 Å². The van der Waals surface area contributed by atoms with Gasteiger partial charge in [-0.2, -0.15) is 0 Å². The van der Waals surface area contributed by atoms with Crippen LogP contribution in [0.15, 0.2) is 67.0 Å². The highest BCUT2D eigenvalue weighted by atomic mass is 16.5. The van der Waals surface area contributed by atoms with Gasteiger partial charge in [-0.25, -0.2) is 0 Å². The molecule has 3 aromatic rings. The van der Waals surface area contributed by atoms with E-state index in [1.165, 1.54) is 0 Å². The number of hydrogen-bond donors (Lipinski definition) is 0. The van der Waals surface area contributed by atoms with Crippen LogP contribution in [0.3, 0.4) is 0 Å². The number of likely N-dealkylation sites (tertiary alicyclic amines) is 1. The molecule has 2 aromatic heterocycles. The zero-order valence-electron chi connectivity index (χ0n) is 16.6. The summed E-state index contributed by atoms with van der Waals surface area (Å²) >= 11 is 0. The quantitative estimate of drug-likeness (QED) is 0.662. The summed E-state index contributed by atoms with van der Waals surface area (Å²) in [5, 5.41) is 0. The molecule has 0 radical (unpaired) electrons. The number of piperidine rings is 1. The van der Waals surface area contributed by atoms with Gasteiger partial charge in [-0.1, -0.05) is 24.3 Å². The minimum Gasteiger partial charge on any atom is -0.496 e. The molecule has 1 aliphatic heterocycles. The average molecular weight is 387 g/mol. The van der Waals surface area contributed by atoms with Gasteiger partial charge in [0, 0.05) is 60.3 Å². The van der Waals surface area contributed by atoms with Gasteiger partial charge in [0.25, 0.3) is 5.91 Å². The number of carbonyl (C=O) groups is 1. The summed E-state index contributed by atoms with van der Waals surface area (Å²) in [6.07, 6.45) is 6.09. The van der Waals surface area contributed by atoms with Crippen molar-refractivity contribution in [1.29, 1.82) is 0 Å². The summed E-state index contributed by atoms with van der Waals surface area (Å²) in [7, 11) is 1.69. The molecular weight excluding hydrogens is 362 g/mol. The van der Waals surface area contributed by atoms with Crippen molar-refractivity contribution < 1.29 is 9.53 Å². The summed E-state index contributed by atoms with van der Waals surface area (Å²) in [4.78, 5) is 23.7. The standard InChI is InChI=1S/C24H25N3O2/c1-29-23-10-3-2-6-19(23)16-21-8-4-9-22(26-21)20-7-5-15-27(17-20)24(28)18-11-13-25-14-12-18/h2-4,6,8-14,20H,5,7,15-17H2,1H3. The highest BCUT2D eigenvalue weighted by Gasteiger charge is 2.26. The van der Waals surface area contributed by atoms with E-state index in [2.05, 4.69) is 29.2 Å². The SMILES string of the molecule is COc1ccccc1Cc1cccc(C2CCCN(C(=O)c3ccncc3)C2)n1. The number of benzene rings is 1. The normalized spacial score (nSPS) is 16.4. The molecule has 1 saturated heterocycles. The Morgan fingerprint density at radius 3 is 2.76 bits per heavy atom. The molecule has 0 spiro atoms. The second-order valence-electron chi connectivity index (χ2n) is 7.37. The van der Waals surface area contributed by atoms with Gasteiger partial charge in [0.15, 0.2) is 0 Å². The number of ether oxygens (including phenoxy) is 1. The molecule has 148 valence electrons. The van der Waals surface area contributed by atoms with Crippen LogP contribution in [0.1, 0.15) is 46.1 Å². The maximum atomic E-state index is 12.8. The average Bonchev–Trinajstić information content (AvgIpc) is 2.80. The molecule has 4 rings (SSSR count). The Kier molecular flexibility index (Phi) is 5.84. The number of methoxy groups -OCH3 is 1. The van der Waals surface area contributed by atoms with Crippen LogP contribution in [0.2, 0.25) is 0 Å². The topological polar surface area (TPSA) is 55.3 Å². The molecule has 29 heavy (non-hydrogen) atoms. The van der Waals surface area contributed by atoms with Crippen molar-refractivity contribution in [3.8, 4) is 5.75 Å². The van der Waals surface area contributed by atoms with E-state index in [-0.39, 0.29) is 11.8 Å². The van der Waals surface area contributed by atoms with Crippen LogP contribution in [0.25, 0.3) is 0 Å². The summed E-state index contributed by atoms with van der Waals surface area (Å²) in [5.74, 6) is 1.21. The van der Waals surface area contributed by atoms with E-state index < -0.39 is 0 Å². The Bertz CT molecular complexity index is 975. The highest BCUT2D eigenvalue weighted by Crippen LogP contribution is 2.27. The van der Waals surface area contributed by atoms with Crippen LogP contribution in [0, 0.1) is 0 Å². The number of hydrogen-bond acceptors (Lipinski definition) is 4. The molecule has 5 nitrogen and oxygen atoms in total. The number of amides is 1. The van der Waals surface area contributed by atoms with Crippen LogP contribution in [0.5, 0.6) is 5.75 Å². The number of para-hydroxylation sites is 1. The van der Waals surface area contributed by atoms with E-state index in [0.29, 0.717) is 12.1 Å². The van der Waals surface area contributed by atoms with E-state index in [1.54, 1.807) is 31.6 Å². The molecule has 1 aromatic carbocycles. The van der Waals surface area contributed by atoms with Crippen LogP contribution < -0.4 is 4.74 Å². The van der Waals surface area contributed by atoms with Gasteiger partial charge in [0.2, 0.25) is 0 Å². The lowest BCUT2D eigenvalue weighted by atomic mass is 9.93. The van der Waals surface area contributed by atoms with Crippen molar-refractivity contribution in [2.24, 2.45) is 0 Å². The third-order valence-electron chi connectivity index (χ3n) is 5.45. The van der Waals surface area contributed by atoms with Crippen molar-refractivity contribution in [3.05, 3.63) is 89.5 Å². The first-order valence-corrected chi connectivity index (χ1v) is 10.0. The number of rotatable bonds is 5. The molecule has 1 unspecified atom stereocenters. The van der Waals surface area contributed by atoms with Crippen molar-refractivity contribution in [1.82, 2.24) is 14.9 Å². The van der Waals surface area contributed by atoms with Crippen molar-refractivity contribution in [2.75, 3.05) is 20.2 Å². The maximum absolute atomic E-state index is 12.8. The largest absolute Gasteiger partial charge is 0.496 e. The van der Waals surface area contributed by atoms with Crippen molar-refractivity contribution in [3.63, 3.8) is 0 Å². The molecule has 3 heterocycles. The lowest BCUT2D eigenvalue weighted by Crippen LogP contribution is -2.39. The Morgan fingerprint density at radius 1 is 1.10 bits per heavy atom. The van der Waals surface area contributed by atoms with Crippen LogP contribution >= 0.6 is 0 Å². The zero-order chi connectivity index (χ0) is 20.1. The van der Waals surface area contributed by atoms with Gasteiger partial charge in [0.05, 0.1) is 7.11 Å². The smallest absolute Gasteiger partial charge is 0.253 e. The predicted molar refractivity (Wildman–Crippen MR) is 112 cm³/mol. The van der Waals surface area contributed by atoms with Gasteiger partial charge in [-0.15, -0.1) is 0 Å². The van der Waals surface area contributed by atoms with Crippen LogP contribution in [0.4, 0.5) is 0 Å². The van der Waals surface area contributed by atoms with Crippen molar-refractivity contribution >= 4 is 5.91 Å². The lowest BCUT2D eigenvalue weighted by molar-refractivity contribution is 0.0705. The van der Waals surface area contributed by atoms with E-state index in [0.717, 1.165) is 48.5 Å². The second kappa shape index (κ2) is 8.86. The van der Waals surface area contributed by atoms with E-state index in [1.807, 2.05) is 23.1 Å². The van der Waals surface area contributed by atoms with Crippen LogP contribution in [-0.4, -0.2) is 41.0 Å². The molecule has 1 fully saturated rings. The first-order valence-electron chi connectivity index (χ1n) is 10.0. The molecule has 1 amide bonds. The number of aromatic nitrogens is 2. The van der Waals surface area contributed by atoms with E-state index in [9.17, 15) is 4.79 Å². The van der Waals surface area contributed by atoms with Gasteiger partial charge < -0.3 is 9.64 Å². The first kappa shape index (κ1) is 19.1. The summed E-state index contributed by atoms with van der Waals surface area (Å²) in [5.41, 5.74) is 3.89. The lowest BCUT2D eigenvalue weighted by Gasteiger charge is -2.32. The second-order valence-corrected chi connectivity index (χ2v) is 7.37. The Balaban J connectivity index is 1.50. The van der Waals surface area contributed by atoms with Gasteiger partial charge in [-0.3, -0.25) is 14.8 Å².